The fraction of sp³-hybridized carbons (Fsp3) is 0.364. The molecule has 9 heteroatoms. The Morgan fingerprint density at radius 1 is 1.10 bits per heavy atom. The molecule has 0 spiro atoms. The van der Waals surface area contributed by atoms with Crippen LogP contribution in [0.4, 0.5) is 11.8 Å². The molecule has 0 saturated carbocycles. The Balaban J connectivity index is 1.45. The maximum atomic E-state index is 12.6. The van der Waals surface area contributed by atoms with E-state index in [2.05, 4.69) is 30.2 Å². The summed E-state index contributed by atoms with van der Waals surface area (Å²) in [5, 5.41) is 6.13. The fourth-order valence-corrected chi connectivity index (χ4v) is 4.26. The molecule has 3 aromatic heterocycles. The number of rotatable bonds is 5. The average molecular weight is 436 g/mol. The molecule has 1 fully saturated rings. The van der Waals surface area contributed by atoms with Crippen LogP contribution in [0.15, 0.2) is 23.6 Å². The lowest BCUT2D eigenvalue weighted by molar-refractivity contribution is -0.124. The van der Waals surface area contributed by atoms with Gasteiger partial charge in [0.25, 0.3) is 0 Å². The summed E-state index contributed by atoms with van der Waals surface area (Å²) < 4.78 is 0. The van der Waals surface area contributed by atoms with Crippen LogP contribution in [0, 0.1) is 27.7 Å². The van der Waals surface area contributed by atoms with Crippen LogP contribution in [-0.2, 0) is 4.79 Å². The van der Waals surface area contributed by atoms with E-state index in [1.807, 2.05) is 50.1 Å². The summed E-state index contributed by atoms with van der Waals surface area (Å²) >= 11 is 1.57. The Morgan fingerprint density at radius 2 is 1.87 bits per heavy atom. The van der Waals surface area contributed by atoms with Gasteiger partial charge in [-0.1, -0.05) is 0 Å². The van der Waals surface area contributed by atoms with Gasteiger partial charge in [-0.3, -0.25) is 4.79 Å². The number of carbonyl (C=O) groups is 1. The molecule has 0 aliphatic carbocycles. The second-order valence-corrected chi connectivity index (χ2v) is 8.78. The number of hydrogen-bond donors (Lipinski definition) is 1. The zero-order chi connectivity index (χ0) is 22.0. The van der Waals surface area contributed by atoms with Crippen LogP contribution < -0.4 is 5.32 Å². The highest BCUT2D eigenvalue weighted by Crippen LogP contribution is 2.28. The zero-order valence-electron chi connectivity index (χ0n) is 18.1. The normalized spacial score (nSPS) is 16.3. The number of nitrogens with one attached hydrogen (secondary N) is 1. The number of carbonyl (C=O) groups excluding carboxylic acids is 1. The molecule has 1 saturated heterocycles. The Kier molecular flexibility index (Phi) is 6.03. The maximum absolute atomic E-state index is 12.6. The SMILES string of the molecule is Cc1cc(C)nc(Nc2cc([C@H]3CCN(C(=O)/C=C/c4csc(C)n4)C3)nc(C)n2)n1. The molecule has 31 heavy (non-hydrogen) atoms. The van der Waals surface area contributed by atoms with Gasteiger partial charge in [-0.15, -0.1) is 11.3 Å². The minimum Gasteiger partial charge on any atom is -0.338 e. The first-order valence-electron chi connectivity index (χ1n) is 10.2. The van der Waals surface area contributed by atoms with E-state index in [-0.39, 0.29) is 11.8 Å². The van der Waals surface area contributed by atoms with E-state index >= 15 is 0 Å². The number of likely N-dealkylation sites (tertiary alicyclic amines) is 1. The van der Waals surface area contributed by atoms with Crippen LogP contribution in [0.3, 0.4) is 0 Å². The first-order chi connectivity index (χ1) is 14.9. The molecular formula is C22H25N7OS. The maximum Gasteiger partial charge on any atom is 0.246 e. The van der Waals surface area contributed by atoms with Gasteiger partial charge in [0, 0.05) is 47.9 Å². The van der Waals surface area contributed by atoms with Crippen LogP contribution in [-0.4, -0.2) is 48.8 Å². The summed E-state index contributed by atoms with van der Waals surface area (Å²) in [6.07, 6.45) is 4.25. The van der Waals surface area contributed by atoms with Gasteiger partial charge in [-0.25, -0.2) is 24.9 Å². The zero-order valence-corrected chi connectivity index (χ0v) is 18.9. The second-order valence-electron chi connectivity index (χ2n) is 7.72. The minimum absolute atomic E-state index is 0.000848. The predicted octanol–water partition coefficient (Wildman–Crippen LogP) is 3.73. The Hall–Kier alpha value is -3.20. The third-order valence-corrected chi connectivity index (χ3v) is 5.82. The Morgan fingerprint density at radius 3 is 2.58 bits per heavy atom. The van der Waals surface area contributed by atoms with E-state index in [1.165, 1.54) is 0 Å². The van der Waals surface area contributed by atoms with Crippen LogP contribution in [0.5, 0.6) is 0 Å². The largest absolute Gasteiger partial charge is 0.338 e. The van der Waals surface area contributed by atoms with E-state index < -0.39 is 0 Å². The van der Waals surface area contributed by atoms with Crippen molar-refractivity contribution < 1.29 is 4.79 Å². The smallest absolute Gasteiger partial charge is 0.246 e. The van der Waals surface area contributed by atoms with Gasteiger partial charge in [0.2, 0.25) is 11.9 Å². The topological polar surface area (TPSA) is 96.8 Å². The Bertz CT molecular complexity index is 1120. The molecule has 8 nitrogen and oxygen atoms in total. The quantitative estimate of drug-likeness (QED) is 0.610. The molecule has 1 N–H and O–H groups in total. The number of nitrogens with zero attached hydrogens (tertiary/aromatic N) is 6. The highest BCUT2D eigenvalue weighted by molar-refractivity contribution is 7.09. The Labute approximate surface area is 185 Å². The highest BCUT2D eigenvalue weighted by atomic mass is 32.1. The number of anilines is 2. The molecular weight excluding hydrogens is 410 g/mol. The predicted molar refractivity (Wildman–Crippen MR) is 121 cm³/mol. The van der Waals surface area contributed by atoms with Gasteiger partial charge < -0.3 is 10.2 Å². The number of aromatic nitrogens is 5. The summed E-state index contributed by atoms with van der Waals surface area (Å²) in [5.41, 5.74) is 3.54. The number of thiazole rings is 1. The van der Waals surface area contributed by atoms with Crippen molar-refractivity contribution in [3.8, 4) is 0 Å². The molecule has 1 aliphatic heterocycles. The van der Waals surface area contributed by atoms with Crippen LogP contribution >= 0.6 is 11.3 Å². The van der Waals surface area contributed by atoms with Gasteiger partial charge in [0.15, 0.2) is 0 Å². The number of amides is 1. The summed E-state index contributed by atoms with van der Waals surface area (Å²) in [7, 11) is 0. The molecule has 0 aromatic carbocycles. The molecule has 1 aliphatic rings. The molecule has 1 atom stereocenters. The average Bonchev–Trinajstić information content (AvgIpc) is 3.34. The first-order valence-corrected chi connectivity index (χ1v) is 11.1. The molecule has 3 aromatic rings. The summed E-state index contributed by atoms with van der Waals surface area (Å²) in [6, 6.07) is 3.86. The molecule has 0 radical (unpaired) electrons. The summed E-state index contributed by atoms with van der Waals surface area (Å²) in [4.78, 5) is 36.8. The van der Waals surface area contributed by atoms with Crippen molar-refractivity contribution in [2.24, 2.45) is 0 Å². The van der Waals surface area contributed by atoms with E-state index in [9.17, 15) is 4.79 Å². The fourth-order valence-electron chi connectivity index (χ4n) is 3.68. The minimum atomic E-state index is 0.000848. The third kappa shape index (κ3) is 5.29. The van der Waals surface area contributed by atoms with E-state index in [1.54, 1.807) is 23.5 Å². The van der Waals surface area contributed by atoms with Crippen molar-refractivity contribution in [2.45, 2.75) is 40.0 Å². The number of aryl methyl sites for hydroxylation is 4. The third-order valence-electron chi connectivity index (χ3n) is 5.03. The van der Waals surface area contributed by atoms with Gasteiger partial charge in [0.1, 0.15) is 11.6 Å². The summed E-state index contributed by atoms with van der Waals surface area (Å²) in [5.74, 6) is 2.03. The van der Waals surface area contributed by atoms with Crippen molar-refractivity contribution in [1.29, 1.82) is 0 Å². The van der Waals surface area contributed by atoms with Crippen LogP contribution in [0.2, 0.25) is 0 Å². The van der Waals surface area contributed by atoms with E-state index in [0.29, 0.717) is 30.7 Å². The molecule has 4 heterocycles. The standard InChI is InChI=1S/C22H25N7OS/c1-13-9-14(2)24-22(23-13)28-20-10-19(25-15(3)26-20)17-7-8-29(11-17)21(30)6-5-18-12-31-16(4)27-18/h5-6,9-10,12,17H,7-8,11H2,1-4H3,(H,23,24,25,26,28)/b6-5+/t17-/m0/s1. The van der Waals surface area contributed by atoms with E-state index in [0.717, 1.165) is 34.2 Å². The molecule has 0 bridgehead atoms. The van der Waals surface area contributed by atoms with Gasteiger partial charge in [-0.2, -0.15) is 0 Å². The molecule has 160 valence electrons. The highest BCUT2D eigenvalue weighted by Gasteiger charge is 2.28. The van der Waals surface area contributed by atoms with Gasteiger partial charge in [-0.05, 0) is 46.3 Å². The lowest BCUT2D eigenvalue weighted by Gasteiger charge is -2.15. The lowest BCUT2D eigenvalue weighted by Crippen LogP contribution is -2.26. The summed E-state index contributed by atoms with van der Waals surface area (Å²) in [6.45, 7) is 9.03. The molecule has 0 unspecified atom stereocenters. The van der Waals surface area contributed by atoms with Crippen LogP contribution in [0.25, 0.3) is 6.08 Å². The second kappa shape index (κ2) is 8.89. The lowest BCUT2D eigenvalue weighted by atomic mass is 10.0. The van der Waals surface area contributed by atoms with Gasteiger partial charge >= 0.3 is 0 Å². The number of hydrogen-bond acceptors (Lipinski definition) is 8. The van der Waals surface area contributed by atoms with E-state index in [4.69, 9.17) is 0 Å². The van der Waals surface area contributed by atoms with Gasteiger partial charge in [0.05, 0.1) is 16.4 Å². The van der Waals surface area contributed by atoms with Crippen molar-refractivity contribution in [3.63, 3.8) is 0 Å². The first kappa shape index (κ1) is 21.0. The van der Waals surface area contributed by atoms with Crippen molar-refractivity contribution in [3.05, 3.63) is 57.2 Å². The monoisotopic (exact) mass is 435 g/mol. The van der Waals surface area contributed by atoms with Crippen LogP contribution in [0.1, 0.15) is 45.9 Å². The van der Waals surface area contributed by atoms with Crippen molar-refractivity contribution in [1.82, 2.24) is 29.8 Å². The molecule has 1 amide bonds. The van der Waals surface area contributed by atoms with Crippen molar-refractivity contribution in [2.75, 3.05) is 18.4 Å². The molecule has 4 rings (SSSR count). The van der Waals surface area contributed by atoms with Crippen molar-refractivity contribution >= 4 is 35.1 Å².